The number of amides is 2. The highest BCUT2D eigenvalue weighted by atomic mass is 19.4. The van der Waals surface area contributed by atoms with Gasteiger partial charge in [0.1, 0.15) is 28.5 Å². The molecular weight excluding hydrogens is 513 g/mol. The molecule has 4 aromatic rings. The first-order chi connectivity index (χ1) is 18.8. The number of ether oxygens (including phenoxy) is 1. The van der Waals surface area contributed by atoms with Gasteiger partial charge in [-0.05, 0) is 42.8 Å². The number of hydrogen-bond acceptors (Lipinski definition) is 7. The van der Waals surface area contributed by atoms with Crippen molar-refractivity contribution < 1.29 is 27.2 Å². The van der Waals surface area contributed by atoms with Gasteiger partial charge in [-0.2, -0.15) is 18.2 Å². The van der Waals surface area contributed by atoms with Gasteiger partial charge in [0.2, 0.25) is 0 Å². The van der Waals surface area contributed by atoms with Crippen molar-refractivity contribution in [3.05, 3.63) is 59.9 Å². The summed E-state index contributed by atoms with van der Waals surface area (Å²) in [6, 6.07) is 11.8. The van der Waals surface area contributed by atoms with Gasteiger partial charge in [-0.25, -0.2) is 9.78 Å². The monoisotopic (exact) mass is 540 g/mol. The van der Waals surface area contributed by atoms with Gasteiger partial charge >= 0.3 is 12.2 Å². The second-order valence-electron chi connectivity index (χ2n) is 9.14. The Morgan fingerprint density at radius 2 is 1.82 bits per heavy atom. The molecule has 12 heteroatoms. The van der Waals surface area contributed by atoms with Crippen LogP contribution in [0, 0.1) is 0 Å². The van der Waals surface area contributed by atoms with Crippen LogP contribution in [-0.4, -0.2) is 59.3 Å². The molecule has 1 N–H and O–H groups in total. The van der Waals surface area contributed by atoms with Gasteiger partial charge in [-0.1, -0.05) is 24.2 Å². The SMILES string of the molecule is CCCc1nc(N2CCN(C(=O)Nc3ccc(OC)cc3)CC2)c2c(-c3cccc(C(F)(F)F)c3)noc2n1. The van der Waals surface area contributed by atoms with Crippen molar-refractivity contribution in [2.24, 2.45) is 0 Å². The number of methoxy groups -OCH3 is 1. The van der Waals surface area contributed by atoms with E-state index in [0.717, 1.165) is 18.6 Å². The number of nitrogens with zero attached hydrogens (tertiary/aromatic N) is 5. The number of aryl methyl sites for hydroxylation is 1. The van der Waals surface area contributed by atoms with Gasteiger partial charge in [-0.15, -0.1) is 0 Å². The number of alkyl halides is 3. The van der Waals surface area contributed by atoms with Crippen LogP contribution in [0.5, 0.6) is 5.75 Å². The summed E-state index contributed by atoms with van der Waals surface area (Å²) < 4.78 is 50.8. The number of anilines is 2. The number of rotatable bonds is 6. The lowest BCUT2D eigenvalue weighted by atomic mass is 10.1. The number of hydrogen-bond donors (Lipinski definition) is 1. The molecule has 0 radical (unpaired) electrons. The molecule has 0 saturated carbocycles. The summed E-state index contributed by atoms with van der Waals surface area (Å²) in [5.74, 6) is 1.79. The maximum atomic E-state index is 13.4. The first-order valence-electron chi connectivity index (χ1n) is 12.6. The average molecular weight is 541 g/mol. The van der Waals surface area contributed by atoms with Crippen LogP contribution in [-0.2, 0) is 12.6 Å². The topological polar surface area (TPSA) is 96.6 Å². The van der Waals surface area contributed by atoms with Crippen molar-refractivity contribution in [2.45, 2.75) is 25.9 Å². The molecule has 0 spiro atoms. The second kappa shape index (κ2) is 10.8. The molecule has 3 heterocycles. The lowest BCUT2D eigenvalue weighted by Crippen LogP contribution is -2.50. The lowest BCUT2D eigenvalue weighted by Gasteiger charge is -2.35. The Balaban J connectivity index is 1.41. The van der Waals surface area contributed by atoms with Gasteiger partial charge in [0, 0.05) is 43.9 Å². The fourth-order valence-electron chi connectivity index (χ4n) is 4.48. The molecule has 0 atom stereocenters. The van der Waals surface area contributed by atoms with Crippen LogP contribution < -0.4 is 15.0 Å². The molecule has 1 aliphatic heterocycles. The zero-order chi connectivity index (χ0) is 27.6. The Morgan fingerprint density at radius 3 is 2.49 bits per heavy atom. The molecular formula is C27H27F3N6O3. The normalized spacial score (nSPS) is 14.1. The Kier molecular flexibility index (Phi) is 7.27. The van der Waals surface area contributed by atoms with Crippen LogP contribution in [0.25, 0.3) is 22.4 Å². The first-order valence-corrected chi connectivity index (χ1v) is 12.6. The fraction of sp³-hybridized carbons (Fsp3) is 0.333. The van der Waals surface area contributed by atoms with Gasteiger partial charge in [0.25, 0.3) is 5.71 Å². The van der Waals surface area contributed by atoms with E-state index in [2.05, 4.69) is 15.5 Å². The zero-order valence-electron chi connectivity index (χ0n) is 21.5. The van der Waals surface area contributed by atoms with Crippen molar-refractivity contribution in [3.8, 4) is 17.0 Å². The Bertz CT molecular complexity index is 1460. The van der Waals surface area contributed by atoms with E-state index >= 15 is 0 Å². The van der Waals surface area contributed by atoms with E-state index in [4.69, 9.17) is 14.2 Å². The number of carbonyl (C=O) groups is 1. The van der Waals surface area contributed by atoms with Crippen molar-refractivity contribution in [1.29, 1.82) is 0 Å². The number of piperazine rings is 1. The molecule has 1 aliphatic rings. The van der Waals surface area contributed by atoms with Gasteiger partial charge in [-0.3, -0.25) is 0 Å². The van der Waals surface area contributed by atoms with Crippen molar-refractivity contribution in [1.82, 2.24) is 20.0 Å². The number of urea groups is 1. The highest BCUT2D eigenvalue weighted by Crippen LogP contribution is 2.37. The van der Waals surface area contributed by atoms with E-state index in [1.165, 1.54) is 6.07 Å². The van der Waals surface area contributed by atoms with Crippen LogP contribution in [0.2, 0.25) is 0 Å². The third-order valence-electron chi connectivity index (χ3n) is 6.51. The number of nitrogens with one attached hydrogen (secondary N) is 1. The number of aromatic nitrogens is 3. The minimum Gasteiger partial charge on any atom is -0.497 e. The number of fused-ring (bicyclic) bond motifs is 1. The van der Waals surface area contributed by atoms with Crippen molar-refractivity contribution in [2.75, 3.05) is 43.5 Å². The van der Waals surface area contributed by atoms with E-state index in [1.807, 2.05) is 11.8 Å². The molecule has 1 fully saturated rings. The van der Waals surface area contributed by atoms with Gasteiger partial charge in [0.15, 0.2) is 0 Å². The fourth-order valence-corrected chi connectivity index (χ4v) is 4.48. The van der Waals surface area contributed by atoms with E-state index < -0.39 is 11.7 Å². The highest BCUT2D eigenvalue weighted by molar-refractivity contribution is 5.98. The number of benzene rings is 2. The second-order valence-corrected chi connectivity index (χ2v) is 9.14. The zero-order valence-corrected chi connectivity index (χ0v) is 21.5. The molecule has 2 amide bonds. The van der Waals surface area contributed by atoms with E-state index in [9.17, 15) is 18.0 Å². The maximum Gasteiger partial charge on any atom is 0.416 e. The molecule has 0 unspecified atom stereocenters. The highest BCUT2D eigenvalue weighted by Gasteiger charge is 2.32. The van der Waals surface area contributed by atoms with Crippen LogP contribution in [0.3, 0.4) is 0 Å². The van der Waals surface area contributed by atoms with Crippen LogP contribution in [0.1, 0.15) is 24.7 Å². The van der Waals surface area contributed by atoms with E-state index in [-0.39, 0.29) is 23.0 Å². The smallest absolute Gasteiger partial charge is 0.416 e. The predicted octanol–water partition coefficient (Wildman–Crippen LogP) is 5.62. The third-order valence-corrected chi connectivity index (χ3v) is 6.51. The number of halogens is 3. The Morgan fingerprint density at radius 1 is 1.08 bits per heavy atom. The summed E-state index contributed by atoms with van der Waals surface area (Å²) >= 11 is 0. The van der Waals surface area contributed by atoms with Crippen LogP contribution >= 0.6 is 0 Å². The molecule has 2 aromatic heterocycles. The molecule has 5 rings (SSSR count). The van der Waals surface area contributed by atoms with Gasteiger partial charge < -0.3 is 24.4 Å². The van der Waals surface area contributed by atoms with Gasteiger partial charge in [0.05, 0.1) is 12.7 Å². The summed E-state index contributed by atoms with van der Waals surface area (Å²) in [5, 5.41) is 7.43. The standard InChI is InChI=1S/C27H27F3N6O3/c1-3-5-21-32-24(22-23(34-39-25(22)33-21)17-6-4-7-18(16-17)27(28,29)30)35-12-14-36(15-13-35)26(37)31-19-8-10-20(38-2)11-9-19/h4,6-11,16H,3,5,12-15H2,1-2H3,(H,31,37). The van der Waals surface area contributed by atoms with Crippen molar-refractivity contribution in [3.63, 3.8) is 0 Å². The summed E-state index contributed by atoms with van der Waals surface area (Å²) in [6.07, 6.45) is -3.09. The molecule has 39 heavy (non-hydrogen) atoms. The van der Waals surface area contributed by atoms with Crippen molar-refractivity contribution >= 4 is 28.6 Å². The molecule has 1 saturated heterocycles. The summed E-state index contributed by atoms with van der Waals surface area (Å²) in [6.45, 7) is 3.76. The summed E-state index contributed by atoms with van der Waals surface area (Å²) in [7, 11) is 1.58. The Hall–Kier alpha value is -4.35. The third kappa shape index (κ3) is 5.59. The molecule has 0 aliphatic carbocycles. The Labute approximate surface area is 222 Å². The average Bonchev–Trinajstić information content (AvgIpc) is 3.37. The van der Waals surface area contributed by atoms with Crippen LogP contribution in [0.4, 0.5) is 29.5 Å². The van der Waals surface area contributed by atoms with E-state index in [0.29, 0.717) is 61.1 Å². The molecule has 2 aromatic carbocycles. The summed E-state index contributed by atoms with van der Waals surface area (Å²) in [5.41, 5.74) is 0.594. The molecule has 9 nitrogen and oxygen atoms in total. The van der Waals surface area contributed by atoms with E-state index in [1.54, 1.807) is 42.3 Å². The van der Waals surface area contributed by atoms with Crippen LogP contribution in [0.15, 0.2) is 53.1 Å². The maximum absolute atomic E-state index is 13.4. The minimum atomic E-state index is -4.49. The summed E-state index contributed by atoms with van der Waals surface area (Å²) in [4.78, 5) is 25.8. The molecule has 0 bridgehead atoms. The number of carbonyl (C=O) groups excluding carboxylic acids is 1. The quantitative estimate of drug-likeness (QED) is 0.339. The molecule has 204 valence electrons. The largest absolute Gasteiger partial charge is 0.497 e. The predicted molar refractivity (Wildman–Crippen MR) is 140 cm³/mol. The first kappa shape index (κ1) is 26.3. The minimum absolute atomic E-state index is 0.218. The lowest BCUT2D eigenvalue weighted by molar-refractivity contribution is -0.137.